The molecule has 0 unspecified atom stereocenters. The van der Waals surface area contributed by atoms with Crippen molar-refractivity contribution in [3.63, 3.8) is 0 Å². The Hall–Kier alpha value is -1.19. The molecule has 0 aromatic heterocycles. The van der Waals surface area contributed by atoms with E-state index in [4.69, 9.17) is 0 Å². The second kappa shape index (κ2) is 4.98. The van der Waals surface area contributed by atoms with Crippen LogP contribution in [0.1, 0.15) is 30.4 Å². The van der Waals surface area contributed by atoms with Gasteiger partial charge in [0.2, 0.25) is 0 Å². The van der Waals surface area contributed by atoms with Crippen molar-refractivity contribution in [2.75, 3.05) is 11.9 Å². The summed E-state index contributed by atoms with van der Waals surface area (Å²) in [6.07, 6.45) is -1.88. The van der Waals surface area contributed by atoms with E-state index < -0.39 is 12.6 Å². The minimum Gasteiger partial charge on any atom is -0.385 e. The highest BCUT2D eigenvalue weighted by atomic mass is 19.4. The minimum absolute atomic E-state index is 0.169. The summed E-state index contributed by atoms with van der Waals surface area (Å²) >= 11 is 0. The lowest BCUT2D eigenvalue weighted by atomic mass is 9.99. The largest absolute Gasteiger partial charge is 0.389 e. The summed E-state index contributed by atoms with van der Waals surface area (Å²) in [4.78, 5) is 0. The number of anilines is 1. The topological polar surface area (TPSA) is 12.0 Å². The number of hydrogen-bond acceptors (Lipinski definition) is 1. The molecule has 0 radical (unpaired) electrons. The number of halogens is 3. The third kappa shape index (κ3) is 3.65. The Bertz CT molecular complexity index is 385. The van der Waals surface area contributed by atoms with Gasteiger partial charge in [-0.05, 0) is 42.9 Å². The van der Waals surface area contributed by atoms with Crippen molar-refractivity contribution in [3.05, 3.63) is 29.3 Å². The molecule has 4 heteroatoms. The van der Waals surface area contributed by atoms with Gasteiger partial charge in [-0.1, -0.05) is 12.1 Å². The maximum Gasteiger partial charge on any atom is 0.389 e. The second-order valence-electron chi connectivity index (χ2n) is 4.49. The van der Waals surface area contributed by atoms with E-state index in [0.29, 0.717) is 6.42 Å². The molecule has 0 amide bonds. The number of fused-ring (bicyclic) bond motifs is 1. The zero-order valence-electron chi connectivity index (χ0n) is 9.61. The Balaban J connectivity index is 1.93. The first-order chi connectivity index (χ1) is 8.04. The summed E-state index contributed by atoms with van der Waals surface area (Å²) in [5.41, 5.74) is 3.36. The molecule has 0 saturated heterocycles. The van der Waals surface area contributed by atoms with Crippen LogP contribution in [-0.2, 0) is 12.8 Å². The Morgan fingerprint density at radius 1 is 1.24 bits per heavy atom. The molecule has 0 atom stereocenters. The van der Waals surface area contributed by atoms with Crippen LogP contribution in [-0.4, -0.2) is 12.7 Å². The van der Waals surface area contributed by atoms with E-state index in [-0.39, 0.29) is 6.42 Å². The van der Waals surface area contributed by atoms with Crippen LogP contribution in [0.3, 0.4) is 0 Å². The molecule has 0 bridgehead atoms. The summed E-state index contributed by atoms with van der Waals surface area (Å²) in [5.74, 6) is 0. The lowest BCUT2D eigenvalue weighted by molar-refractivity contribution is -0.135. The van der Waals surface area contributed by atoms with Crippen LogP contribution in [0.2, 0.25) is 0 Å². The van der Waals surface area contributed by atoms with Gasteiger partial charge in [0.1, 0.15) is 0 Å². The highest BCUT2D eigenvalue weighted by Crippen LogP contribution is 2.26. The molecule has 1 heterocycles. The normalized spacial score (nSPS) is 15.2. The molecule has 94 valence electrons. The van der Waals surface area contributed by atoms with Crippen molar-refractivity contribution in [2.45, 2.75) is 38.3 Å². The van der Waals surface area contributed by atoms with Gasteiger partial charge in [-0.3, -0.25) is 0 Å². The van der Waals surface area contributed by atoms with Gasteiger partial charge in [0, 0.05) is 18.7 Å². The fraction of sp³-hybridized carbons (Fsp3) is 0.538. The van der Waals surface area contributed by atoms with Crippen molar-refractivity contribution in [2.24, 2.45) is 0 Å². The Morgan fingerprint density at radius 2 is 2.06 bits per heavy atom. The van der Waals surface area contributed by atoms with Crippen molar-refractivity contribution in [3.8, 4) is 0 Å². The van der Waals surface area contributed by atoms with E-state index in [1.165, 1.54) is 5.56 Å². The second-order valence-corrected chi connectivity index (χ2v) is 4.49. The number of benzene rings is 1. The molecule has 1 aromatic carbocycles. The molecule has 2 rings (SSSR count). The SMILES string of the molecule is FC(F)(F)CCCc1ccc2c(c1)NCCC2. The van der Waals surface area contributed by atoms with Gasteiger partial charge in [-0.25, -0.2) is 0 Å². The predicted molar refractivity (Wildman–Crippen MR) is 62.2 cm³/mol. The van der Waals surface area contributed by atoms with Crippen LogP contribution in [0.25, 0.3) is 0 Å². The summed E-state index contributed by atoms with van der Waals surface area (Å²) in [6, 6.07) is 5.97. The van der Waals surface area contributed by atoms with E-state index >= 15 is 0 Å². The van der Waals surface area contributed by atoms with Gasteiger partial charge in [0.05, 0.1) is 0 Å². The van der Waals surface area contributed by atoms with Crippen molar-refractivity contribution >= 4 is 5.69 Å². The summed E-state index contributed by atoms with van der Waals surface area (Å²) in [7, 11) is 0. The Kier molecular flexibility index (Phi) is 3.60. The fourth-order valence-corrected chi connectivity index (χ4v) is 2.16. The number of aryl methyl sites for hydroxylation is 2. The summed E-state index contributed by atoms with van der Waals surface area (Å²) in [5, 5.41) is 3.29. The third-order valence-electron chi connectivity index (χ3n) is 3.04. The number of hydrogen-bond donors (Lipinski definition) is 1. The quantitative estimate of drug-likeness (QED) is 0.848. The lowest BCUT2D eigenvalue weighted by Crippen LogP contribution is -2.12. The molecule has 1 aromatic rings. The molecular weight excluding hydrogens is 227 g/mol. The molecule has 1 aliphatic heterocycles. The van der Waals surface area contributed by atoms with Crippen molar-refractivity contribution in [1.29, 1.82) is 0 Å². The van der Waals surface area contributed by atoms with Crippen LogP contribution in [0.4, 0.5) is 18.9 Å². The average Bonchev–Trinajstić information content (AvgIpc) is 2.27. The summed E-state index contributed by atoms with van der Waals surface area (Å²) in [6.45, 7) is 0.957. The molecule has 1 aliphatic rings. The first kappa shape index (κ1) is 12.3. The molecule has 1 nitrogen and oxygen atoms in total. The fourth-order valence-electron chi connectivity index (χ4n) is 2.16. The molecule has 1 N–H and O–H groups in total. The van der Waals surface area contributed by atoms with Crippen molar-refractivity contribution < 1.29 is 13.2 Å². The number of nitrogens with one attached hydrogen (secondary N) is 1. The zero-order chi connectivity index (χ0) is 12.3. The maximum atomic E-state index is 12.0. The first-order valence-electron chi connectivity index (χ1n) is 5.97. The number of alkyl halides is 3. The highest BCUT2D eigenvalue weighted by Gasteiger charge is 2.25. The molecule has 0 saturated carbocycles. The van der Waals surface area contributed by atoms with Crippen molar-refractivity contribution in [1.82, 2.24) is 0 Å². The standard InChI is InChI=1S/C13H16F3N/c14-13(15,16)7-1-3-10-5-6-11-4-2-8-17-12(11)9-10/h5-6,9,17H,1-4,7-8H2. The van der Waals surface area contributed by atoms with Gasteiger partial charge in [0.25, 0.3) is 0 Å². The van der Waals surface area contributed by atoms with Crippen LogP contribution in [0, 0.1) is 0 Å². The zero-order valence-corrected chi connectivity index (χ0v) is 9.61. The third-order valence-corrected chi connectivity index (χ3v) is 3.04. The smallest absolute Gasteiger partial charge is 0.385 e. The molecular formula is C13H16F3N. The molecule has 0 spiro atoms. The first-order valence-corrected chi connectivity index (χ1v) is 5.97. The molecule has 0 fully saturated rings. The van der Waals surface area contributed by atoms with Gasteiger partial charge < -0.3 is 5.32 Å². The van der Waals surface area contributed by atoms with E-state index in [0.717, 1.165) is 30.6 Å². The summed E-state index contributed by atoms with van der Waals surface area (Å²) < 4.78 is 36.1. The van der Waals surface area contributed by atoms with Crippen LogP contribution in [0.5, 0.6) is 0 Å². The van der Waals surface area contributed by atoms with Gasteiger partial charge in [-0.2, -0.15) is 13.2 Å². The van der Waals surface area contributed by atoms with Crippen LogP contribution < -0.4 is 5.32 Å². The van der Waals surface area contributed by atoms with Gasteiger partial charge in [0.15, 0.2) is 0 Å². The van der Waals surface area contributed by atoms with Gasteiger partial charge in [-0.15, -0.1) is 0 Å². The van der Waals surface area contributed by atoms with E-state index in [2.05, 4.69) is 5.32 Å². The molecule has 0 aliphatic carbocycles. The van der Waals surface area contributed by atoms with E-state index in [1.54, 1.807) is 0 Å². The average molecular weight is 243 g/mol. The predicted octanol–water partition coefficient (Wildman–Crippen LogP) is 3.93. The van der Waals surface area contributed by atoms with E-state index in [1.807, 2.05) is 18.2 Å². The van der Waals surface area contributed by atoms with Crippen LogP contribution >= 0.6 is 0 Å². The maximum absolute atomic E-state index is 12.0. The number of rotatable bonds is 3. The molecule has 17 heavy (non-hydrogen) atoms. The Labute approximate surface area is 99.0 Å². The monoisotopic (exact) mass is 243 g/mol. The van der Waals surface area contributed by atoms with Crippen LogP contribution in [0.15, 0.2) is 18.2 Å². The minimum atomic E-state index is -4.04. The lowest BCUT2D eigenvalue weighted by Gasteiger charge is -2.18. The Morgan fingerprint density at radius 3 is 2.82 bits per heavy atom. The van der Waals surface area contributed by atoms with Gasteiger partial charge >= 0.3 is 6.18 Å². The highest BCUT2D eigenvalue weighted by molar-refractivity contribution is 5.54. The van der Waals surface area contributed by atoms with E-state index in [9.17, 15) is 13.2 Å².